The normalized spacial score (nSPS) is 15.5. The number of thioether (sulfide) groups is 1. The van der Waals surface area contributed by atoms with E-state index in [9.17, 15) is 9.59 Å². The van der Waals surface area contributed by atoms with E-state index >= 15 is 0 Å². The largest absolute Gasteiger partial charge is 0.349 e. The lowest BCUT2D eigenvalue weighted by Crippen LogP contribution is -2.31. The van der Waals surface area contributed by atoms with Crippen LogP contribution in [0.2, 0.25) is 0 Å². The maximum absolute atomic E-state index is 12.7. The topological polar surface area (TPSA) is 80.1 Å². The van der Waals surface area contributed by atoms with Gasteiger partial charge in [-0.25, -0.2) is 0 Å². The molecule has 0 aliphatic carbocycles. The molecule has 1 N–H and O–H groups in total. The zero-order chi connectivity index (χ0) is 23.2. The van der Waals surface area contributed by atoms with Crippen molar-refractivity contribution in [1.82, 2.24) is 25.0 Å². The van der Waals surface area contributed by atoms with Gasteiger partial charge in [0.2, 0.25) is 11.8 Å². The van der Waals surface area contributed by atoms with E-state index in [2.05, 4.69) is 39.8 Å². The minimum absolute atomic E-state index is 0.0460. The first kappa shape index (κ1) is 23.3. The number of aromatic nitrogens is 3. The van der Waals surface area contributed by atoms with Crippen molar-refractivity contribution in [3.05, 3.63) is 53.9 Å². The Bertz CT molecular complexity index is 1120. The van der Waals surface area contributed by atoms with Crippen molar-refractivity contribution in [1.29, 1.82) is 0 Å². The van der Waals surface area contributed by atoms with Crippen LogP contribution in [0.15, 0.2) is 47.6 Å². The molecule has 2 heterocycles. The number of amides is 2. The zero-order valence-electron chi connectivity index (χ0n) is 19.3. The minimum atomic E-state index is -0.0992. The molecule has 1 fully saturated rings. The average Bonchev–Trinajstić information content (AvgIpc) is 3.10. The Labute approximate surface area is 198 Å². The molecule has 0 unspecified atom stereocenters. The van der Waals surface area contributed by atoms with Gasteiger partial charge in [0.25, 0.3) is 0 Å². The van der Waals surface area contributed by atoms with Gasteiger partial charge in [-0.15, -0.1) is 10.2 Å². The number of carbonyl (C=O) groups is 2. The van der Waals surface area contributed by atoms with Crippen LogP contribution in [0.4, 0.5) is 0 Å². The Morgan fingerprint density at radius 2 is 1.94 bits per heavy atom. The van der Waals surface area contributed by atoms with Gasteiger partial charge >= 0.3 is 0 Å². The second-order valence-corrected chi connectivity index (χ2v) is 9.36. The molecule has 1 atom stereocenters. The Morgan fingerprint density at radius 1 is 1.12 bits per heavy atom. The molecule has 0 saturated carbocycles. The number of carbonyl (C=O) groups excluding carboxylic acids is 2. The first-order valence-electron chi connectivity index (χ1n) is 11.7. The van der Waals surface area contributed by atoms with Gasteiger partial charge in [0.05, 0.1) is 18.3 Å². The van der Waals surface area contributed by atoms with E-state index in [1.54, 1.807) is 0 Å². The third-order valence-corrected chi connectivity index (χ3v) is 7.08. The summed E-state index contributed by atoms with van der Waals surface area (Å²) in [6, 6.07) is 14.3. The van der Waals surface area contributed by atoms with Crippen molar-refractivity contribution in [3.8, 4) is 0 Å². The summed E-state index contributed by atoms with van der Waals surface area (Å²) in [5.41, 5.74) is 1.10. The number of hydrogen-bond donors (Lipinski definition) is 1. The lowest BCUT2D eigenvalue weighted by Gasteiger charge is -2.20. The number of rotatable bonds is 8. The Hall–Kier alpha value is -2.87. The van der Waals surface area contributed by atoms with E-state index < -0.39 is 0 Å². The molecule has 2 amide bonds. The second kappa shape index (κ2) is 10.8. The summed E-state index contributed by atoms with van der Waals surface area (Å²) in [6.45, 7) is 5.98. The quantitative estimate of drug-likeness (QED) is 0.501. The molecule has 0 radical (unpaired) electrons. The fourth-order valence-electron chi connectivity index (χ4n) is 4.36. The highest BCUT2D eigenvalue weighted by Crippen LogP contribution is 2.25. The van der Waals surface area contributed by atoms with Gasteiger partial charge in [0.15, 0.2) is 11.0 Å². The van der Waals surface area contributed by atoms with Crippen LogP contribution < -0.4 is 5.32 Å². The molecule has 0 spiro atoms. The first-order valence-corrected chi connectivity index (χ1v) is 12.6. The summed E-state index contributed by atoms with van der Waals surface area (Å²) in [5.74, 6) is 1.18. The molecule has 1 saturated heterocycles. The van der Waals surface area contributed by atoms with Gasteiger partial charge in [-0.05, 0) is 43.0 Å². The minimum Gasteiger partial charge on any atom is -0.349 e. The fraction of sp³-hybridized carbons (Fsp3) is 0.440. The van der Waals surface area contributed by atoms with Crippen molar-refractivity contribution in [2.24, 2.45) is 0 Å². The van der Waals surface area contributed by atoms with Gasteiger partial charge in [-0.2, -0.15) is 0 Å². The van der Waals surface area contributed by atoms with Gasteiger partial charge in [0.1, 0.15) is 0 Å². The van der Waals surface area contributed by atoms with Crippen molar-refractivity contribution in [3.63, 3.8) is 0 Å². The van der Waals surface area contributed by atoms with E-state index in [-0.39, 0.29) is 23.6 Å². The third-order valence-electron chi connectivity index (χ3n) is 6.11. The monoisotopic (exact) mass is 465 g/mol. The molecule has 4 rings (SSSR count). The zero-order valence-corrected chi connectivity index (χ0v) is 20.1. The molecular weight excluding hydrogens is 434 g/mol. The van der Waals surface area contributed by atoms with E-state index in [4.69, 9.17) is 0 Å². The van der Waals surface area contributed by atoms with Crippen LogP contribution in [0.3, 0.4) is 0 Å². The van der Waals surface area contributed by atoms with Crippen LogP contribution in [-0.2, 0) is 22.7 Å². The predicted octanol–water partition coefficient (Wildman–Crippen LogP) is 4.32. The van der Waals surface area contributed by atoms with Gasteiger partial charge in [-0.1, -0.05) is 60.6 Å². The summed E-state index contributed by atoms with van der Waals surface area (Å²) in [7, 11) is 0. The number of nitrogens with one attached hydrogen (secondary N) is 1. The van der Waals surface area contributed by atoms with Crippen molar-refractivity contribution < 1.29 is 9.59 Å². The maximum Gasteiger partial charge on any atom is 0.230 e. The number of nitrogens with zero attached hydrogens (tertiary/aromatic N) is 4. The van der Waals surface area contributed by atoms with Crippen LogP contribution in [0, 0.1) is 0 Å². The average molecular weight is 466 g/mol. The van der Waals surface area contributed by atoms with Crippen LogP contribution in [-0.4, -0.2) is 43.8 Å². The molecule has 2 aromatic carbocycles. The standard InChI is InChI=1S/C25H31N5O2S/c1-3-30-22(16-29-15-8-4-5-14-24(29)32)27-28-25(30)33-17-23(31)26-18(2)20-13-9-11-19-10-6-7-12-21(19)20/h6-7,9-13,18H,3-5,8,14-17H2,1-2H3,(H,26,31)/t18-/m0/s1. The summed E-state index contributed by atoms with van der Waals surface area (Å²) >= 11 is 1.38. The summed E-state index contributed by atoms with van der Waals surface area (Å²) in [4.78, 5) is 26.9. The molecule has 33 heavy (non-hydrogen) atoms. The van der Waals surface area contributed by atoms with E-state index in [1.165, 1.54) is 11.8 Å². The molecule has 0 bridgehead atoms. The number of hydrogen-bond acceptors (Lipinski definition) is 5. The van der Waals surface area contributed by atoms with Crippen LogP contribution >= 0.6 is 11.8 Å². The van der Waals surface area contributed by atoms with Crippen molar-refractivity contribution >= 4 is 34.3 Å². The highest BCUT2D eigenvalue weighted by Gasteiger charge is 2.21. The first-order chi connectivity index (χ1) is 16.1. The maximum atomic E-state index is 12.7. The molecule has 1 aliphatic heterocycles. The molecule has 8 heteroatoms. The van der Waals surface area contributed by atoms with Crippen molar-refractivity contribution in [2.75, 3.05) is 12.3 Å². The SMILES string of the molecule is CCn1c(CN2CCCCCC2=O)nnc1SCC(=O)N[C@@H](C)c1cccc2ccccc12. The molecule has 1 aromatic heterocycles. The second-order valence-electron chi connectivity index (χ2n) is 8.42. The smallest absolute Gasteiger partial charge is 0.230 e. The Kier molecular flexibility index (Phi) is 7.65. The molecule has 174 valence electrons. The number of likely N-dealkylation sites (tertiary alicyclic amines) is 1. The Morgan fingerprint density at radius 3 is 2.79 bits per heavy atom. The molecule has 3 aromatic rings. The number of benzene rings is 2. The molecule has 1 aliphatic rings. The number of fused-ring (bicyclic) bond motifs is 1. The van der Waals surface area contributed by atoms with Crippen molar-refractivity contribution in [2.45, 2.75) is 63.8 Å². The predicted molar refractivity (Wildman–Crippen MR) is 131 cm³/mol. The van der Waals surface area contributed by atoms with Crippen LogP contribution in [0.5, 0.6) is 0 Å². The van der Waals surface area contributed by atoms with Gasteiger partial charge in [-0.3, -0.25) is 9.59 Å². The lowest BCUT2D eigenvalue weighted by molar-refractivity contribution is -0.131. The lowest BCUT2D eigenvalue weighted by atomic mass is 10.00. The van der Waals surface area contributed by atoms with Gasteiger partial charge in [0, 0.05) is 19.5 Å². The van der Waals surface area contributed by atoms with Crippen LogP contribution in [0.25, 0.3) is 10.8 Å². The molecular formula is C25H31N5O2S. The van der Waals surface area contributed by atoms with E-state index in [1.807, 2.05) is 41.5 Å². The van der Waals surface area contributed by atoms with E-state index in [0.717, 1.165) is 48.0 Å². The summed E-state index contributed by atoms with van der Waals surface area (Å²) in [6.07, 6.45) is 3.69. The van der Waals surface area contributed by atoms with Crippen LogP contribution in [0.1, 0.15) is 57.0 Å². The summed E-state index contributed by atoms with van der Waals surface area (Å²) in [5, 5.41) is 14.8. The molecule has 7 nitrogen and oxygen atoms in total. The van der Waals surface area contributed by atoms with Gasteiger partial charge < -0.3 is 14.8 Å². The summed E-state index contributed by atoms with van der Waals surface area (Å²) < 4.78 is 2.00. The van der Waals surface area contributed by atoms with E-state index in [0.29, 0.717) is 24.7 Å². The highest BCUT2D eigenvalue weighted by atomic mass is 32.2. The highest BCUT2D eigenvalue weighted by molar-refractivity contribution is 7.99. The Balaban J connectivity index is 1.37. The third kappa shape index (κ3) is 5.55. The fourth-order valence-corrected chi connectivity index (χ4v) is 5.19.